The first kappa shape index (κ1) is 18.4. The molecule has 0 unspecified atom stereocenters. The minimum Gasteiger partial charge on any atom is -0.461 e. The molecule has 1 aromatic heterocycles. The number of hydrogen-bond donors (Lipinski definition) is 0. The van der Waals surface area contributed by atoms with Crippen molar-refractivity contribution in [3.8, 4) is 0 Å². The minimum absolute atomic E-state index is 0.205. The molecule has 0 amide bonds. The maximum Gasteiger partial charge on any atom is 0.303 e. The molecule has 0 spiro atoms. The third kappa shape index (κ3) is 5.86. The van der Waals surface area contributed by atoms with Gasteiger partial charge in [0.05, 0.1) is 6.54 Å². The summed E-state index contributed by atoms with van der Waals surface area (Å²) >= 11 is 0. The van der Waals surface area contributed by atoms with Gasteiger partial charge in [0.2, 0.25) is 0 Å². The lowest BCUT2D eigenvalue weighted by molar-refractivity contribution is -0.142. The summed E-state index contributed by atoms with van der Waals surface area (Å²) in [6.45, 7) is 7.55. The second-order valence-electron chi connectivity index (χ2n) is 6.54. The third-order valence-corrected chi connectivity index (χ3v) is 4.45. The lowest BCUT2D eigenvalue weighted by Crippen LogP contribution is -2.45. The van der Waals surface area contributed by atoms with Gasteiger partial charge in [-0.1, -0.05) is 42.5 Å². The van der Waals surface area contributed by atoms with Crippen LogP contribution in [0, 0.1) is 0 Å². The van der Waals surface area contributed by atoms with Gasteiger partial charge >= 0.3 is 5.97 Å². The van der Waals surface area contributed by atoms with E-state index in [0.29, 0.717) is 5.76 Å². The van der Waals surface area contributed by atoms with Gasteiger partial charge in [-0.2, -0.15) is 0 Å². The highest BCUT2D eigenvalue weighted by Crippen LogP contribution is 2.13. The van der Waals surface area contributed by atoms with E-state index in [4.69, 9.17) is 9.15 Å². The number of rotatable bonds is 7. The van der Waals surface area contributed by atoms with Gasteiger partial charge in [-0.15, -0.1) is 0 Å². The molecule has 1 saturated heterocycles. The van der Waals surface area contributed by atoms with E-state index in [2.05, 4.69) is 46.2 Å². The van der Waals surface area contributed by atoms with E-state index in [9.17, 15) is 4.79 Å². The van der Waals surface area contributed by atoms with Crippen molar-refractivity contribution in [3.63, 3.8) is 0 Å². The quantitative estimate of drug-likeness (QED) is 0.715. The summed E-state index contributed by atoms with van der Waals surface area (Å²) in [7, 11) is 0. The monoisotopic (exact) mass is 354 g/mol. The van der Waals surface area contributed by atoms with Crippen LogP contribution >= 0.6 is 0 Å². The van der Waals surface area contributed by atoms with Crippen LogP contribution < -0.4 is 0 Å². The molecule has 1 aliphatic rings. The lowest BCUT2D eigenvalue weighted by Gasteiger charge is -2.33. The number of furan rings is 1. The maximum absolute atomic E-state index is 10.8. The molecular weight excluding hydrogens is 328 g/mol. The zero-order chi connectivity index (χ0) is 18.2. The first-order valence-corrected chi connectivity index (χ1v) is 9.06. The summed E-state index contributed by atoms with van der Waals surface area (Å²) in [5, 5.41) is 0. The molecule has 5 nitrogen and oxygen atoms in total. The van der Waals surface area contributed by atoms with E-state index in [1.165, 1.54) is 12.5 Å². The largest absolute Gasteiger partial charge is 0.461 e. The molecule has 2 aromatic rings. The lowest BCUT2D eigenvalue weighted by atomic mass is 10.2. The normalized spacial score (nSPS) is 16.2. The number of benzene rings is 1. The van der Waals surface area contributed by atoms with Crippen LogP contribution in [0.2, 0.25) is 0 Å². The topological polar surface area (TPSA) is 45.9 Å². The molecular formula is C21H26N2O3. The van der Waals surface area contributed by atoms with Gasteiger partial charge in [-0.25, -0.2) is 0 Å². The third-order valence-electron chi connectivity index (χ3n) is 4.45. The summed E-state index contributed by atoms with van der Waals surface area (Å²) in [6.07, 6.45) is 4.42. The Balaban J connectivity index is 1.38. The highest BCUT2D eigenvalue weighted by atomic mass is 16.5. The number of carbonyl (C=O) groups is 1. The Morgan fingerprint density at radius 1 is 1.04 bits per heavy atom. The molecule has 1 fully saturated rings. The van der Waals surface area contributed by atoms with Crippen LogP contribution in [-0.4, -0.2) is 48.5 Å². The van der Waals surface area contributed by atoms with E-state index in [0.717, 1.165) is 45.0 Å². The number of carbonyl (C=O) groups excluding carboxylic acids is 1. The Bertz CT molecular complexity index is 716. The molecule has 1 aromatic carbocycles. The number of esters is 1. The van der Waals surface area contributed by atoms with Crippen LogP contribution in [0.4, 0.5) is 0 Å². The predicted octanol–water partition coefficient (Wildman–Crippen LogP) is 3.17. The fourth-order valence-electron chi connectivity index (χ4n) is 3.01. The highest BCUT2D eigenvalue weighted by Gasteiger charge is 2.17. The Kier molecular flexibility index (Phi) is 6.63. The fourth-order valence-corrected chi connectivity index (χ4v) is 3.01. The Hall–Kier alpha value is -2.37. The van der Waals surface area contributed by atoms with Gasteiger partial charge in [0, 0.05) is 39.6 Å². The smallest absolute Gasteiger partial charge is 0.303 e. The van der Waals surface area contributed by atoms with E-state index in [1.54, 1.807) is 0 Å². The molecule has 0 aliphatic carbocycles. The molecule has 3 rings (SSSR count). The fraction of sp³-hybridized carbons (Fsp3) is 0.381. The van der Waals surface area contributed by atoms with Crippen molar-refractivity contribution in [2.24, 2.45) is 0 Å². The summed E-state index contributed by atoms with van der Waals surface area (Å²) < 4.78 is 10.7. The van der Waals surface area contributed by atoms with Gasteiger partial charge in [-0.05, 0) is 17.7 Å². The van der Waals surface area contributed by atoms with Gasteiger partial charge in [0.15, 0.2) is 0 Å². The maximum atomic E-state index is 10.8. The van der Waals surface area contributed by atoms with Crippen LogP contribution in [0.3, 0.4) is 0 Å². The number of nitrogens with zero attached hydrogens (tertiary/aromatic N) is 2. The van der Waals surface area contributed by atoms with Crippen molar-refractivity contribution in [1.29, 1.82) is 0 Å². The summed E-state index contributed by atoms with van der Waals surface area (Å²) in [5.74, 6) is 1.32. The van der Waals surface area contributed by atoms with Gasteiger partial charge in [0.25, 0.3) is 0 Å². The first-order valence-electron chi connectivity index (χ1n) is 9.06. The highest BCUT2D eigenvalue weighted by molar-refractivity contribution is 5.65. The SMILES string of the molecule is CC(=O)OCc1ccc(CN2CCN(C/C=C\c3ccccc3)CC2)o1. The van der Waals surface area contributed by atoms with E-state index >= 15 is 0 Å². The zero-order valence-corrected chi connectivity index (χ0v) is 15.3. The van der Waals surface area contributed by atoms with Gasteiger partial charge < -0.3 is 9.15 Å². The Morgan fingerprint density at radius 3 is 2.46 bits per heavy atom. The molecule has 0 atom stereocenters. The molecule has 2 heterocycles. The number of piperazine rings is 1. The molecule has 1 aliphatic heterocycles. The van der Waals surface area contributed by atoms with Crippen molar-refractivity contribution in [3.05, 3.63) is 65.6 Å². The second-order valence-corrected chi connectivity index (χ2v) is 6.54. The molecule has 0 saturated carbocycles. The van der Waals surface area contributed by atoms with E-state index < -0.39 is 0 Å². The number of hydrogen-bond acceptors (Lipinski definition) is 5. The Morgan fingerprint density at radius 2 is 1.73 bits per heavy atom. The number of ether oxygens (including phenoxy) is 1. The van der Waals surface area contributed by atoms with Crippen LogP contribution in [-0.2, 0) is 22.7 Å². The van der Waals surface area contributed by atoms with Crippen LogP contribution in [0.15, 0.2) is 53.0 Å². The minimum atomic E-state index is -0.291. The second kappa shape index (κ2) is 9.36. The van der Waals surface area contributed by atoms with Crippen LogP contribution in [0.5, 0.6) is 0 Å². The average Bonchev–Trinajstić information content (AvgIpc) is 3.10. The van der Waals surface area contributed by atoms with Crippen molar-refractivity contribution in [2.45, 2.75) is 20.1 Å². The molecule has 0 bridgehead atoms. The molecule has 26 heavy (non-hydrogen) atoms. The summed E-state index contributed by atoms with van der Waals surface area (Å²) in [4.78, 5) is 15.7. The van der Waals surface area contributed by atoms with Gasteiger partial charge in [-0.3, -0.25) is 14.6 Å². The standard InChI is InChI=1S/C21H26N2O3/c1-18(24)25-17-21-10-9-20(26-21)16-23-14-12-22(13-15-23)11-5-8-19-6-3-2-4-7-19/h2-10H,11-17H2,1H3/b8-5-. The van der Waals surface area contributed by atoms with Crippen LogP contribution in [0.25, 0.3) is 6.08 Å². The van der Waals surface area contributed by atoms with Crippen LogP contribution in [0.1, 0.15) is 24.0 Å². The van der Waals surface area contributed by atoms with E-state index in [-0.39, 0.29) is 12.6 Å². The molecule has 0 N–H and O–H groups in total. The van der Waals surface area contributed by atoms with Gasteiger partial charge in [0.1, 0.15) is 18.1 Å². The van der Waals surface area contributed by atoms with Crippen molar-refractivity contribution in [1.82, 2.24) is 9.80 Å². The zero-order valence-electron chi connectivity index (χ0n) is 15.3. The average molecular weight is 354 g/mol. The van der Waals surface area contributed by atoms with E-state index in [1.807, 2.05) is 18.2 Å². The predicted molar refractivity (Wildman–Crippen MR) is 101 cm³/mol. The van der Waals surface area contributed by atoms with Crippen molar-refractivity contribution in [2.75, 3.05) is 32.7 Å². The summed E-state index contributed by atoms with van der Waals surface area (Å²) in [5.41, 5.74) is 1.24. The summed E-state index contributed by atoms with van der Waals surface area (Å²) in [6, 6.07) is 14.2. The first-order chi connectivity index (χ1) is 12.7. The van der Waals surface area contributed by atoms with Crippen molar-refractivity contribution >= 4 is 12.0 Å². The van der Waals surface area contributed by atoms with Crippen molar-refractivity contribution < 1.29 is 13.9 Å². The Labute approximate surface area is 154 Å². The molecule has 0 radical (unpaired) electrons. The molecule has 5 heteroatoms. The molecule has 138 valence electrons.